The summed E-state index contributed by atoms with van der Waals surface area (Å²) in [4.78, 5) is 39.6. The van der Waals surface area contributed by atoms with E-state index in [9.17, 15) is 18.8 Å². The van der Waals surface area contributed by atoms with Gasteiger partial charge in [0.2, 0.25) is 6.41 Å². The molecule has 0 spiro atoms. The van der Waals surface area contributed by atoms with E-state index in [1.807, 2.05) is 4.90 Å². The molecule has 1 saturated heterocycles. The van der Waals surface area contributed by atoms with Gasteiger partial charge in [-0.15, -0.1) is 0 Å². The first-order valence-corrected chi connectivity index (χ1v) is 7.82. The van der Waals surface area contributed by atoms with Gasteiger partial charge in [-0.1, -0.05) is 0 Å². The second kappa shape index (κ2) is 8.39. The molecule has 0 bridgehead atoms. The third-order valence-electron chi connectivity index (χ3n) is 3.93. The Balaban J connectivity index is 1.91. The predicted octanol–water partition coefficient (Wildman–Crippen LogP) is -0.192. The monoisotopic (exact) mass is 336 g/mol. The molecule has 3 amide bonds. The van der Waals surface area contributed by atoms with Crippen LogP contribution in [0.4, 0.5) is 10.1 Å². The summed E-state index contributed by atoms with van der Waals surface area (Å²) in [6.07, 6.45) is 0.820. The number of rotatable bonds is 5. The van der Waals surface area contributed by atoms with Gasteiger partial charge in [0.05, 0.1) is 0 Å². The Morgan fingerprint density at radius 1 is 1.17 bits per heavy atom. The molecule has 0 unspecified atom stereocenters. The largest absolute Gasteiger partial charge is 0.368 e. The van der Waals surface area contributed by atoms with E-state index in [1.54, 1.807) is 12.1 Å². The fourth-order valence-electron chi connectivity index (χ4n) is 2.54. The number of nitrogens with zero attached hydrogens (tertiary/aromatic N) is 3. The second-order valence-electron chi connectivity index (χ2n) is 5.50. The van der Waals surface area contributed by atoms with Gasteiger partial charge in [-0.2, -0.15) is 0 Å². The minimum atomic E-state index is -0.825. The molecule has 8 heteroatoms. The van der Waals surface area contributed by atoms with Gasteiger partial charge in [-0.05, 0) is 37.2 Å². The Morgan fingerprint density at radius 3 is 2.33 bits per heavy atom. The highest BCUT2D eigenvalue weighted by molar-refractivity contribution is 6.36. The van der Waals surface area contributed by atoms with Crippen molar-refractivity contribution in [3.05, 3.63) is 30.1 Å². The zero-order valence-corrected chi connectivity index (χ0v) is 13.4. The Kier molecular flexibility index (Phi) is 6.25. The standard InChI is InChI=1S/C16H21FN4O3/c17-13-2-4-14(5-3-13)19-8-10-20(11-9-19)15(23)16(24)21(12-22)7-1-6-18/h2-5,12H,1,6-11,18H2. The summed E-state index contributed by atoms with van der Waals surface area (Å²) >= 11 is 0. The van der Waals surface area contributed by atoms with Crippen LogP contribution in [-0.4, -0.2) is 67.3 Å². The van der Waals surface area contributed by atoms with Crippen LogP contribution < -0.4 is 10.6 Å². The molecule has 1 fully saturated rings. The lowest BCUT2D eigenvalue weighted by atomic mass is 10.2. The van der Waals surface area contributed by atoms with Crippen molar-refractivity contribution >= 4 is 23.9 Å². The number of anilines is 1. The molecule has 1 aromatic carbocycles. The van der Waals surface area contributed by atoms with Crippen molar-refractivity contribution in [2.75, 3.05) is 44.2 Å². The summed E-state index contributed by atoms with van der Waals surface area (Å²) in [5, 5.41) is 0. The van der Waals surface area contributed by atoms with E-state index in [0.29, 0.717) is 45.6 Å². The Morgan fingerprint density at radius 2 is 1.79 bits per heavy atom. The van der Waals surface area contributed by atoms with Crippen LogP contribution in [0.15, 0.2) is 24.3 Å². The third kappa shape index (κ3) is 4.29. The first-order valence-electron chi connectivity index (χ1n) is 7.82. The first-order chi connectivity index (χ1) is 11.6. The number of hydrogen-bond acceptors (Lipinski definition) is 5. The molecule has 1 aliphatic rings. The second-order valence-corrected chi connectivity index (χ2v) is 5.50. The highest BCUT2D eigenvalue weighted by Crippen LogP contribution is 2.17. The van der Waals surface area contributed by atoms with Gasteiger partial charge in [0.15, 0.2) is 0 Å². The van der Waals surface area contributed by atoms with Crippen LogP contribution in [0, 0.1) is 5.82 Å². The number of piperazine rings is 1. The molecule has 0 saturated carbocycles. The zero-order chi connectivity index (χ0) is 17.5. The molecule has 0 atom stereocenters. The SMILES string of the molecule is NCCCN(C=O)C(=O)C(=O)N1CCN(c2ccc(F)cc2)CC1. The number of halogens is 1. The molecule has 0 aromatic heterocycles. The summed E-state index contributed by atoms with van der Waals surface area (Å²) in [5.41, 5.74) is 6.22. The lowest BCUT2D eigenvalue weighted by molar-refractivity contribution is -0.154. The van der Waals surface area contributed by atoms with Gasteiger partial charge < -0.3 is 15.5 Å². The smallest absolute Gasteiger partial charge is 0.318 e. The number of benzene rings is 1. The minimum Gasteiger partial charge on any atom is -0.368 e. The van der Waals surface area contributed by atoms with Crippen LogP contribution in [0.25, 0.3) is 0 Å². The Hall–Kier alpha value is -2.48. The number of amides is 3. The minimum absolute atomic E-state index is 0.139. The van der Waals surface area contributed by atoms with Gasteiger partial charge >= 0.3 is 11.8 Å². The average Bonchev–Trinajstić information content (AvgIpc) is 2.62. The summed E-state index contributed by atoms with van der Waals surface area (Å²) in [6, 6.07) is 6.13. The number of imide groups is 1. The third-order valence-corrected chi connectivity index (χ3v) is 3.93. The van der Waals surface area contributed by atoms with Crippen LogP contribution in [0.5, 0.6) is 0 Å². The highest BCUT2D eigenvalue weighted by Gasteiger charge is 2.29. The van der Waals surface area contributed by atoms with Crippen LogP contribution in [0.2, 0.25) is 0 Å². The van der Waals surface area contributed by atoms with Crippen LogP contribution in [-0.2, 0) is 14.4 Å². The molecule has 7 nitrogen and oxygen atoms in total. The van der Waals surface area contributed by atoms with E-state index in [-0.39, 0.29) is 12.4 Å². The summed E-state index contributed by atoms with van der Waals surface area (Å²) in [7, 11) is 0. The lowest BCUT2D eigenvalue weighted by Gasteiger charge is -2.36. The highest BCUT2D eigenvalue weighted by atomic mass is 19.1. The van der Waals surface area contributed by atoms with Crippen molar-refractivity contribution in [3.63, 3.8) is 0 Å². The quantitative estimate of drug-likeness (QED) is 0.595. The Labute approximate surface area is 139 Å². The van der Waals surface area contributed by atoms with E-state index >= 15 is 0 Å². The molecule has 2 rings (SSSR count). The van der Waals surface area contributed by atoms with Gasteiger partial charge in [-0.25, -0.2) is 4.39 Å². The molecule has 1 aliphatic heterocycles. The van der Waals surface area contributed by atoms with Crippen LogP contribution >= 0.6 is 0 Å². The molecule has 0 aliphatic carbocycles. The predicted molar refractivity (Wildman–Crippen MR) is 86.6 cm³/mol. The van der Waals surface area contributed by atoms with Gasteiger partial charge in [-0.3, -0.25) is 19.3 Å². The van der Waals surface area contributed by atoms with E-state index in [2.05, 4.69) is 0 Å². The van der Waals surface area contributed by atoms with Gasteiger partial charge in [0.1, 0.15) is 5.82 Å². The number of carbonyl (C=O) groups is 3. The van der Waals surface area contributed by atoms with Crippen LogP contribution in [0.1, 0.15) is 6.42 Å². The fraction of sp³-hybridized carbons (Fsp3) is 0.438. The molecule has 24 heavy (non-hydrogen) atoms. The van der Waals surface area contributed by atoms with E-state index < -0.39 is 11.8 Å². The van der Waals surface area contributed by atoms with Crippen molar-refractivity contribution < 1.29 is 18.8 Å². The fourth-order valence-corrected chi connectivity index (χ4v) is 2.54. The summed E-state index contributed by atoms with van der Waals surface area (Å²) in [5.74, 6) is -1.81. The van der Waals surface area contributed by atoms with E-state index in [0.717, 1.165) is 10.6 Å². The van der Waals surface area contributed by atoms with Crippen molar-refractivity contribution in [1.29, 1.82) is 0 Å². The van der Waals surface area contributed by atoms with Crippen LogP contribution in [0.3, 0.4) is 0 Å². The number of hydrogen-bond donors (Lipinski definition) is 1. The lowest BCUT2D eigenvalue weighted by Crippen LogP contribution is -2.53. The molecular weight excluding hydrogens is 315 g/mol. The van der Waals surface area contributed by atoms with Gasteiger partial charge in [0, 0.05) is 38.4 Å². The summed E-state index contributed by atoms with van der Waals surface area (Å²) in [6.45, 7) is 2.28. The molecule has 130 valence electrons. The van der Waals surface area contributed by atoms with Crippen molar-refractivity contribution in [3.8, 4) is 0 Å². The topological polar surface area (TPSA) is 86.9 Å². The number of nitrogens with two attached hydrogens (primary N) is 1. The first kappa shape index (κ1) is 17.9. The normalized spacial score (nSPS) is 14.4. The zero-order valence-electron chi connectivity index (χ0n) is 13.4. The van der Waals surface area contributed by atoms with Gasteiger partial charge in [0.25, 0.3) is 0 Å². The van der Waals surface area contributed by atoms with Crippen molar-refractivity contribution in [2.24, 2.45) is 5.73 Å². The summed E-state index contributed by atoms with van der Waals surface area (Å²) < 4.78 is 13.0. The van der Waals surface area contributed by atoms with E-state index in [1.165, 1.54) is 17.0 Å². The maximum Gasteiger partial charge on any atom is 0.318 e. The number of carbonyl (C=O) groups excluding carboxylic acids is 3. The average molecular weight is 336 g/mol. The molecule has 1 heterocycles. The van der Waals surface area contributed by atoms with Crippen molar-refractivity contribution in [2.45, 2.75) is 6.42 Å². The molecule has 0 radical (unpaired) electrons. The van der Waals surface area contributed by atoms with E-state index in [4.69, 9.17) is 5.73 Å². The maximum atomic E-state index is 13.0. The molecule has 1 aromatic rings. The maximum absolute atomic E-state index is 13.0. The molecule has 2 N–H and O–H groups in total. The van der Waals surface area contributed by atoms with Crippen molar-refractivity contribution in [1.82, 2.24) is 9.80 Å². The Bertz CT molecular complexity index is 585. The molecular formula is C16H21FN4O3.